The molecule has 0 aliphatic carbocycles. The molecule has 2 nitrogen and oxygen atoms in total. The maximum absolute atomic E-state index is 5.65. The van der Waals surface area contributed by atoms with Gasteiger partial charge in [-0.1, -0.05) is 50.6 Å². The molecule has 0 saturated heterocycles. The van der Waals surface area contributed by atoms with Crippen LogP contribution in [0.1, 0.15) is 31.9 Å². The lowest BCUT2D eigenvalue weighted by Crippen LogP contribution is -2.38. The quantitative estimate of drug-likeness (QED) is 0.797. The Kier molecular flexibility index (Phi) is 5.50. The molecule has 0 aromatic heterocycles. The minimum Gasteiger partial charge on any atom is -0.375 e. The molecular weight excluding hydrogens is 198 g/mol. The lowest BCUT2D eigenvalue weighted by molar-refractivity contribution is 0.0514. The molecule has 16 heavy (non-hydrogen) atoms. The monoisotopic (exact) mass is 221 g/mol. The van der Waals surface area contributed by atoms with E-state index in [0.717, 1.165) is 6.42 Å². The summed E-state index contributed by atoms with van der Waals surface area (Å²) in [6.07, 6.45) is 1.28. The number of ether oxygens (including phenoxy) is 1. The average molecular weight is 221 g/mol. The first-order valence-electron chi connectivity index (χ1n) is 5.99. The summed E-state index contributed by atoms with van der Waals surface area (Å²) in [7, 11) is 3.79. The molecule has 1 aromatic rings. The lowest BCUT2D eigenvalue weighted by Gasteiger charge is -2.30. The van der Waals surface area contributed by atoms with Crippen molar-refractivity contribution in [3.63, 3.8) is 0 Å². The van der Waals surface area contributed by atoms with Crippen molar-refractivity contribution in [2.75, 3.05) is 14.2 Å². The summed E-state index contributed by atoms with van der Waals surface area (Å²) in [4.78, 5) is 0. The number of nitrogens with one attached hydrogen (secondary N) is 1. The first-order chi connectivity index (χ1) is 7.74. The second-order valence-electron chi connectivity index (χ2n) is 4.27. The summed E-state index contributed by atoms with van der Waals surface area (Å²) in [6.45, 7) is 4.48. The molecule has 0 aliphatic heterocycles. The standard InChI is InChI=1S/C14H23NO/c1-5-11(2)13(15-3)14(16-4)12-9-7-6-8-10-12/h6-11,13-15H,5H2,1-4H3. The number of hydrogen-bond acceptors (Lipinski definition) is 2. The van der Waals surface area contributed by atoms with E-state index in [1.165, 1.54) is 5.56 Å². The fraction of sp³-hybridized carbons (Fsp3) is 0.571. The van der Waals surface area contributed by atoms with Crippen molar-refractivity contribution in [3.05, 3.63) is 35.9 Å². The molecule has 0 spiro atoms. The van der Waals surface area contributed by atoms with Crippen LogP contribution in [0.4, 0.5) is 0 Å². The topological polar surface area (TPSA) is 21.3 Å². The van der Waals surface area contributed by atoms with Crippen molar-refractivity contribution in [1.82, 2.24) is 5.32 Å². The van der Waals surface area contributed by atoms with Gasteiger partial charge in [0.25, 0.3) is 0 Å². The van der Waals surface area contributed by atoms with Crippen LogP contribution in [-0.4, -0.2) is 20.2 Å². The molecule has 1 rings (SSSR count). The summed E-state index contributed by atoms with van der Waals surface area (Å²) < 4.78 is 5.65. The van der Waals surface area contributed by atoms with Gasteiger partial charge in [-0.3, -0.25) is 0 Å². The highest BCUT2D eigenvalue weighted by atomic mass is 16.5. The molecule has 0 bridgehead atoms. The normalized spacial score (nSPS) is 16.8. The van der Waals surface area contributed by atoms with Crippen LogP contribution in [0, 0.1) is 5.92 Å². The van der Waals surface area contributed by atoms with E-state index in [4.69, 9.17) is 4.74 Å². The van der Waals surface area contributed by atoms with Crippen LogP contribution >= 0.6 is 0 Å². The van der Waals surface area contributed by atoms with Crippen molar-refractivity contribution in [1.29, 1.82) is 0 Å². The average Bonchev–Trinajstić information content (AvgIpc) is 2.36. The first-order valence-corrected chi connectivity index (χ1v) is 5.99. The Morgan fingerprint density at radius 2 is 1.88 bits per heavy atom. The van der Waals surface area contributed by atoms with E-state index in [1.54, 1.807) is 7.11 Å². The summed E-state index contributed by atoms with van der Waals surface area (Å²) in [5.41, 5.74) is 1.24. The van der Waals surface area contributed by atoms with Gasteiger partial charge in [0, 0.05) is 13.2 Å². The predicted octanol–water partition coefficient (Wildman–Crippen LogP) is 3.01. The number of likely N-dealkylation sites (N-methyl/N-ethyl adjacent to an activating group) is 1. The van der Waals surface area contributed by atoms with Gasteiger partial charge in [-0.25, -0.2) is 0 Å². The number of benzene rings is 1. The minimum atomic E-state index is 0.126. The smallest absolute Gasteiger partial charge is 0.0976 e. The summed E-state index contributed by atoms with van der Waals surface area (Å²) in [6, 6.07) is 10.8. The SMILES string of the molecule is CCC(C)C(NC)C(OC)c1ccccc1. The number of rotatable bonds is 6. The molecule has 1 N–H and O–H groups in total. The van der Waals surface area contributed by atoms with Crippen molar-refractivity contribution in [2.45, 2.75) is 32.4 Å². The molecule has 2 heteroatoms. The zero-order chi connectivity index (χ0) is 12.0. The molecule has 0 aliphatic rings. The van der Waals surface area contributed by atoms with Crippen molar-refractivity contribution >= 4 is 0 Å². The Balaban J connectivity index is 2.87. The van der Waals surface area contributed by atoms with Gasteiger partial charge in [0.1, 0.15) is 0 Å². The van der Waals surface area contributed by atoms with Crippen LogP contribution in [0.25, 0.3) is 0 Å². The fourth-order valence-corrected chi connectivity index (χ4v) is 2.12. The summed E-state index contributed by atoms with van der Waals surface area (Å²) >= 11 is 0. The third-order valence-corrected chi connectivity index (χ3v) is 3.30. The molecule has 90 valence electrons. The van der Waals surface area contributed by atoms with Crippen molar-refractivity contribution < 1.29 is 4.74 Å². The van der Waals surface area contributed by atoms with Crippen LogP contribution in [0.3, 0.4) is 0 Å². The van der Waals surface area contributed by atoms with Gasteiger partial charge >= 0.3 is 0 Å². The van der Waals surface area contributed by atoms with Gasteiger partial charge in [-0.15, -0.1) is 0 Å². The highest BCUT2D eigenvalue weighted by molar-refractivity contribution is 5.19. The molecule has 1 aromatic carbocycles. The molecule has 0 heterocycles. The van der Waals surface area contributed by atoms with Gasteiger partial charge in [0.15, 0.2) is 0 Å². The Labute approximate surface area is 99.0 Å². The number of hydrogen-bond donors (Lipinski definition) is 1. The van der Waals surface area contributed by atoms with E-state index < -0.39 is 0 Å². The third kappa shape index (κ3) is 3.06. The largest absolute Gasteiger partial charge is 0.375 e. The van der Waals surface area contributed by atoms with E-state index in [9.17, 15) is 0 Å². The summed E-state index contributed by atoms with van der Waals surface area (Å²) in [5.74, 6) is 0.593. The maximum atomic E-state index is 5.65. The van der Waals surface area contributed by atoms with Gasteiger partial charge in [-0.2, -0.15) is 0 Å². The van der Waals surface area contributed by atoms with Crippen molar-refractivity contribution in [2.24, 2.45) is 5.92 Å². The van der Waals surface area contributed by atoms with Crippen LogP contribution in [0.5, 0.6) is 0 Å². The lowest BCUT2D eigenvalue weighted by atomic mass is 9.90. The Morgan fingerprint density at radius 1 is 1.25 bits per heavy atom. The zero-order valence-electron chi connectivity index (χ0n) is 10.7. The third-order valence-electron chi connectivity index (χ3n) is 3.30. The highest BCUT2D eigenvalue weighted by Gasteiger charge is 2.25. The van der Waals surface area contributed by atoms with Crippen molar-refractivity contribution in [3.8, 4) is 0 Å². The maximum Gasteiger partial charge on any atom is 0.0976 e. The van der Waals surface area contributed by atoms with E-state index in [0.29, 0.717) is 12.0 Å². The number of methoxy groups -OCH3 is 1. The minimum absolute atomic E-state index is 0.126. The van der Waals surface area contributed by atoms with E-state index in [1.807, 2.05) is 13.1 Å². The molecule has 0 amide bonds. The van der Waals surface area contributed by atoms with Crippen LogP contribution in [0.2, 0.25) is 0 Å². The molecule has 0 fully saturated rings. The van der Waals surface area contributed by atoms with E-state index >= 15 is 0 Å². The Hall–Kier alpha value is -0.860. The second-order valence-corrected chi connectivity index (χ2v) is 4.27. The van der Waals surface area contributed by atoms with Gasteiger partial charge in [0.2, 0.25) is 0 Å². The molecule has 0 saturated carbocycles. The van der Waals surface area contributed by atoms with Gasteiger partial charge < -0.3 is 10.1 Å². The fourth-order valence-electron chi connectivity index (χ4n) is 2.12. The van der Waals surface area contributed by atoms with E-state index in [2.05, 4.69) is 43.4 Å². The summed E-state index contributed by atoms with van der Waals surface area (Å²) in [5, 5.41) is 3.38. The Morgan fingerprint density at radius 3 is 2.31 bits per heavy atom. The van der Waals surface area contributed by atoms with Crippen LogP contribution in [0.15, 0.2) is 30.3 Å². The predicted molar refractivity (Wildman–Crippen MR) is 68.5 cm³/mol. The Bertz CT molecular complexity index is 286. The molecule has 0 radical (unpaired) electrons. The molecule has 3 unspecified atom stereocenters. The van der Waals surface area contributed by atoms with Gasteiger partial charge in [0.05, 0.1) is 6.10 Å². The molecule has 3 atom stereocenters. The molecular formula is C14H23NO. The van der Waals surface area contributed by atoms with Gasteiger partial charge in [-0.05, 0) is 18.5 Å². The first kappa shape index (κ1) is 13.2. The van der Waals surface area contributed by atoms with Crippen LogP contribution in [-0.2, 0) is 4.74 Å². The highest BCUT2D eigenvalue weighted by Crippen LogP contribution is 2.26. The second kappa shape index (κ2) is 6.66. The van der Waals surface area contributed by atoms with Crippen LogP contribution < -0.4 is 5.32 Å². The van der Waals surface area contributed by atoms with E-state index in [-0.39, 0.29) is 6.10 Å². The zero-order valence-corrected chi connectivity index (χ0v) is 10.7.